The molecule has 0 bridgehead atoms. The summed E-state index contributed by atoms with van der Waals surface area (Å²) >= 11 is 0. The van der Waals surface area contributed by atoms with Gasteiger partial charge in [0.25, 0.3) is 0 Å². The molecule has 0 saturated carbocycles. The van der Waals surface area contributed by atoms with E-state index in [1.165, 1.54) is 0 Å². The van der Waals surface area contributed by atoms with Crippen molar-refractivity contribution in [2.45, 2.75) is 0 Å². The summed E-state index contributed by atoms with van der Waals surface area (Å²) in [5.74, 6) is 0.361. The zero-order valence-corrected chi connectivity index (χ0v) is 2.16. The topological polar surface area (TPSA) is 17.1 Å². The van der Waals surface area contributed by atoms with E-state index in [1.54, 1.807) is 0 Å². The molecule has 0 saturated heterocycles. The fourth-order valence-corrected chi connectivity index (χ4v) is 0. The van der Waals surface area contributed by atoms with Crippen molar-refractivity contribution in [3.8, 4) is 0 Å². The van der Waals surface area contributed by atoms with Crippen LogP contribution in [0.15, 0.2) is 6.08 Å². The average molecular weight is 78.0 g/mol. The lowest BCUT2D eigenvalue weighted by Gasteiger charge is -1.51. The molecular formula is C2F2O. The van der Waals surface area contributed by atoms with E-state index in [4.69, 9.17) is 4.79 Å². The van der Waals surface area contributed by atoms with E-state index >= 15 is 0 Å². The molecule has 1 nitrogen and oxygen atoms in total. The minimum Gasteiger partial charge on any atom is -0.228 e. The van der Waals surface area contributed by atoms with Crippen molar-refractivity contribution in [2.24, 2.45) is 0 Å². The molecule has 0 spiro atoms. The first-order chi connectivity index (χ1) is 2.27. The zero-order chi connectivity index (χ0) is 4.28. The summed E-state index contributed by atoms with van der Waals surface area (Å²) in [5.41, 5.74) is 0. The van der Waals surface area contributed by atoms with Crippen molar-refractivity contribution in [1.29, 1.82) is 0 Å². The molecule has 0 radical (unpaired) electrons. The minimum atomic E-state index is -2.30. The Kier molecular flexibility index (Phi) is 1.39. The second-order valence-corrected chi connectivity index (χ2v) is 0.362. The van der Waals surface area contributed by atoms with Crippen molar-refractivity contribution in [1.82, 2.24) is 0 Å². The molecule has 0 rings (SSSR count). The molecule has 0 atom stereocenters. The van der Waals surface area contributed by atoms with Crippen molar-refractivity contribution in [2.75, 3.05) is 0 Å². The van der Waals surface area contributed by atoms with Gasteiger partial charge in [-0.05, 0) is 0 Å². The Morgan fingerprint density at radius 2 is 1.80 bits per heavy atom. The molecule has 0 aromatic rings. The summed E-state index contributed by atoms with van der Waals surface area (Å²) in [7, 11) is 0. The maximum absolute atomic E-state index is 10.3. The molecule has 0 amide bonds. The third-order valence-electron chi connectivity index (χ3n) is 0.0772. The van der Waals surface area contributed by atoms with Crippen LogP contribution in [-0.4, -0.2) is 5.94 Å². The molecule has 0 fully saturated rings. The Hall–Kier alpha value is -0.690. The number of rotatable bonds is 0. The number of carbonyl (C=O) groups excluding carboxylic acids is 1. The zero-order valence-electron chi connectivity index (χ0n) is 2.16. The van der Waals surface area contributed by atoms with Crippen LogP contribution in [0.25, 0.3) is 0 Å². The van der Waals surface area contributed by atoms with Crippen molar-refractivity contribution >= 4 is 5.94 Å². The van der Waals surface area contributed by atoms with Gasteiger partial charge in [0, 0.05) is 0 Å². The number of halogens is 2. The molecule has 28 valence electrons. The van der Waals surface area contributed by atoms with E-state index in [2.05, 4.69) is 0 Å². The van der Waals surface area contributed by atoms with E-state index in [-0.39, 0.29) is 0 Å². The molecule has 0 aliphatic rings. The van der Waals surface area contributed by atoms with Gasteiger partial charge in [0.15, 0.2) is 5.94 Å². The van der Waals surface area contributed by atoms with Crippen molar-refractivity contribution in [3.05, 3.63) is 6.08 Å². The molecule has 0 heterocycles. The first-order valence-corrected chi connectivity index (χ1v) is 0.832. The van der Waals surface area contributed by atoms with Gasteiger partial charge < -0.3 is 0 Å². The van der Waals surface area contributed by atoms with Crippen LogP contribution in [0.1, 0.15) is 0 Å². The quantitative estimate of drug-likeness (QED) is 0.388. The fourth-order valence-electron chi connectivity index (χ4n) is 0. The molecule has 0 aromatic carbocycles. The van der Waals surface area contributed by atoms with Gasteiger partial charge in [-0.3, -0.25) is 0 Å². The Labute approximate surface area is 26.9 Å². The Morgan fingerprint density at radius 1 is 1.60 bits per heavy atom. The van der Waals surface area contributed by atoms with Crippen LogP contribution < -0.4 is 0 Å². The monoisotopic (exact) mass is 78.0 g/mol. The molecule has 0 N–H and O–H groups in total. The van der Waals surface area contributed by atoms with Crippen LogP contribution in [0.3, 0.4) is 0 Å². The van der Waals surface area contributed by atoms with E-state index in [9.17, 15) is 8.78 Å². The maximum atomic E-state index is 10.3. The largest absolute Gasteiger partial charge is 0.352 e. The van der Waals surface area contributed by atoms with Gasteiger partial charge in [-0.15, -0.1) is 0 Å². The van der Waals surface area contributed by atoms with Crippen LogP contribution in [-0.2, 0) is 4.79 Å². The molecular weight excluding hydrogens is 78.0 g/mol. The summed E-state index contributed by atoms with van der Waals surface area (Å²) in [5, 5.41) is 0. The normalized spacial score (nSPS) is 6.00. The lowest BCUT2D eigenvalue weighted by Crippen LogP contribution is -1.49. The van der Waals surface area contributed by atoms with Gasteiger partial charge in [0.2, 0.25) is 0 Å². The minimum absolute atomic E-state index is 0.361. The molecule has 0 aromatic heterocycles. The predicted octanol–water partition coefficient (Wildman–Crippen LogP) is 0.598. The second-order valence-electron chi connectivity index (χ2n) is 0.362. The number of hydrogen-bond acceptors (Lipinski definition) is 1. The standard InChI is InChI=1S/C2F2O/c3-2(4)1-5. The molecule has 0 unspecified atom stereocenters. The van der Waals surface area contributed by atoms with Gasteiger partial charge in [-0.1, -0.05) is 0 Å². The predicted molar refractivity (Wildman–Crippen MR) is 11.4 cm³/mol. The first-order valence-electron chi connectivity index (χ1n) is 0.832. The summed E-state index contributed by atoms with van der Waals surface area (Å²) in [6, 6.07) is 0. The van der Waals surface area contributed by atoms with E-state index in [1.807, 2.05) is 0 Å². The fraction of sp³-hybridized carbons (Fsp3) is 0. The Bertz CT molecular complexity index is 67.7. The highest BCUT2D eigenvalue weighted by molar-refractivity contribution is 5.45. The lowest BCUT2D eigenvalue weighted by atomic mass is 11.1. The van der Waals surface area contributed by atoms with Crippen LogP contribution >= 0.6 is 0 Å². The summed E-state index contributed by atoms with van der Waals surface area (Å²) < 4.78 is 20.5. The van der Waals surface area contributed by atoms with Crippen LogP contribution in [0.5, 0.6) is 0 Å². The van der Waals surface area contributed by atoms with Gasteiger partial charge in [-0.25, -0.2) is 4.79 Å². The Balaban J connectivity index is 3.60. The van der Waals surface area contributed by atoms with E-state index < -0.39 is 6.08 Å². The molecule has 5 heavy (non-hydrogen) atoms. The highest BCUT2D eigenvalue weighted by atomic mass is 19.3. The first kappa shape index (κ1) is 4.31. The van der Waals surface area contributed by atoms with Crippen LogP contribution in [0.2, 0.25) is 0 Å². The summed E-state index contributed by atoms with van der Waals surface area (Å²) in [6.45, 7) is 0. The van der Waals surface area contributed by atoms with E-state index in [0.29, 0.717) is 5.94 Å². The van der Waals surface area contributed by atoms with Crippen LogP contribution in [0, 0.1) is 0 Å². The van der Waals surface area contributed by atoms with E-state index in [0.717, 1.165) is 0 Å². The molecule has 0 aliphatic carbocycles. The van der Waals surface area contributed by atoms with Crippen molar-refractivity contribution < 1.29 is 13.6 Å². The Morgan fingerprint density at radius 3 is 1.80 bits per heavy atom. The third kappa shape index (κ3) is 3.31. The SMILES string of the molecule is O=C=C(F)F. The average Bonchev–Trinajstić information content (AvgIpc) is 1.38. The molecule has 3 heteroatoms. The van der Waals surface area contributed by atoms with Crippen LogP contribution in [0.4, 0.5) is 8.78 Å². The van der Waals surface area contributed by atoms with Gasteiger partial charge in [0.1, 0.15) is 0 Å². The van der Waals surface area contributed by atoms with Crippen molar-refractivity contribution in [3.63, 3.8) is 0 Å². The van der Waals surface area contributed by atoms with Gasteiger partial charge in [0.05, 0.1) is 0 Å². The summed E-state index contributed by atoms with van der Waals surface area (Å²) in [6.07, 6.45) is -2.30. The molecule has 0 aliphatic heterocycles. The lowest BCUT2D eigenvalue weighted by molar-refractivity contribution is 0.421. The van der Waals surface area contributed by atoms with Gasteiger partial charge >= 0.3 is 6.08 Å². The van der Waals surface area contributed by atoms with Gasteiger partial charge in [-0.2, -0.15) is 8.78 Å². The maximum Gasteiger partial charge on any atom is 0.352 e. The smallest absolute Gasteiger partial charge is 0.228 e. The third-order valence-corrected chi connectivity index (χ3v) is 0.0772. The summed E-state index contributed by atoms with van der Waals surface area (Å²) in [4.78, 5) is 8.59. The number of hydrogen-bond donors (Lipinski definition) is 0. The highest BCUT2D eigenvalue weighted by Gasteiger charge is 1.77. The highest BCUT2D eigenvalue weighted by Crippen LogP contribution is 1.84. The second kappa shape index (κ2) is 1.61.